The van der Waals surface area contributed by atoms with Crippen molar-refractivity contribution in [1.29, 1.82) is 0 Å². The van der Waals surface area contributed by atoms with Gasteiger partial charge in [0.25, 0.3) is 0 Å². The number of quaternary nitrogens is 1. The molecule has 1 N–H and O–H groups in total. The summed E-state index contributed by atoms with van der Waals surface area (Å²) in [4.78, 5) is 13.4. The van der Waals surface area contributed by atoms with Gasteiger partial charge in [0, 0.05) is 19.3 Å². The van der Waals surface area contributed by atoms with Gasteiger partial charge in [0.2, 0.25) is 0 Å². The molecule has 0 spiro atoms. The zero-order valence-corrected chi connectivity index (χ0v) is 11.0. The van der Waals surface area contributed by atoms with Crippen LogP contribution in [0.3, 0.4) is 0 Å². The van der Waals surface area contributed by atoms with Crippen LogP contribution in [0.2, 0.25) is 0 Å². The number of hydrogen-bond acceptors (Lipinski definition) is 6. The Bertz CT molecular complexity index is 265. The molecule has 106 valence electrons. The molecule has 0 saturated carbocycles. The molecular formula is C10H18ClNO6. The van der Waals surface area contributed by atoms with Crippen LogP contribution in [0.5, 0.6) is 0 Å². The average molecular weight is 284 g/mol. The van der Waals surface area contributed by atoms with Crippen molar-refractivity contribution in [3.05, 3.63) is 0 Å². The Labute approximate surface area is 108 Å². The van der Waals surface area contributed by atoms with Gasteiger partial charge in [-0.25, -0.2) is 18.6 Å². The monoisotopic (exact) mass is 283 g/mol. The van der Waals surface area contributed by atoms with E-state index >= 15 is 0 Å². The van der Waals surface area contributed by atoms with Crippen molar-refractivity contribution >= 4 is 5.97 Å². The Morgan fingerprint density at radius 3 is 1.89 bits per heavy atom. The molecule has 0 atom stereocenters. The van der Waals surface area contributed by atoms with Crippen molar-refractivity contribution in [3.63, 3.8) is 0 Å². The van der Waals surface area contributed by atoms with Crippen LogP contribution in [-0.2, 0) is 9.53 Å². The number of carbonyl (C=O) groups is 1. The fourth-order valence-corrected chi connectivity index (χ4v) is 2.59. The van der Waals surface area contributed by atoms with E-state index in [2.05, 4.69) is 0 Å². The lowest BCUT2D eigenvalue weighted by molar-refractivity contribution is -2.00. The number of carbonyl (C=O) groups excluding carboxylic acids is 1. The van der Waals surface area contributed by atoms with Crippen molar-refractivity contribution in [1.82, 2.24) is 0 Å². The van der Waals surface area contributed by atoms with Gasteiger partial charge >= 0.3 is 5.97 Å². The molecule has 8 heteroatoms. The van der Waals surface area contributed by atoms with Crippen LogP contribution < -0.4 is 23.5 Å². The van der Waals surface area contributed by atoms with Crippen molar-refractivity contribution in [2.45, 2.75) is 26.2 Å². The Morgan fingerprint density at radius 1 is 1.17 bits per heavy atom. The van der Waals surface area contributed by atoms with Crippen LogP contribution in [-0.4, -0.2) is 32.2 Å². The predicted molar refractivity (Wildman–Crippen MR) is 48.5 cm³/mol. The molecule has 0 amide bonds. The molecule has 3 heterocycles. The standard InChI is InChI=1S/C10H17NO2.ClHO4/c1-2-13-9(12)10-3-6-11(7-4-10)8-5-10;2-1(3,4)5/h2-8H2,1H3;(H,2,3,4,5). The molecule has 3 fully saturated rings. The second kappa shape index (κ2) is 6.14. The molecule has 3 aliphatic rings. The lowest BCUT2D eigenvalue weighted by atomic mass is 9.72. The number of fused-ring (bicyclic) bond motifs is 3. The van der Waals surface area contributed by atoms with Crippen LogP contribution in [0.1, 0.15) is 26.2 Å². The summed E-state index contributed by atoms with van der Waals surface area (Å²) in [5.74, 6) is 0.0637. The van der Waals surface area contributed by atoms with Gasteiger partial charge < -0.3 is 9.64 Å². The molecule has 18 heavy (non-hydrogen) atoms. The van der Waals surface area contributed by atoms with Crippen molar-refractivity contribution in [2.75, 3.05) is 26.2 Å². The highest BCUT2D eigenvalue weighted by Gasteiger charge is 2.48. The summed E-state index contributed by atoms with van der Waals surface area (Å²) in [6.45, 7) is 5.91. The lowest BCUT2D eigenvalue weighted by Crippen LogP contribution is -3.15. The van der Waals surface area contributed by atoms with Crippen LogP contribution in [0.4, 0.5) is 0 Å². The van der Waals surface area contributed by atoms with Gasteiger partial charge in [-0.1, -0.05) is 0 Å². The number of halogens is 1. The summed E-state index contributed by atoms with van der Waals surface area (Å²) in [5, 5.41) is 0. The van der Waals surface area contributed by atoms with E-state index in [-0.39, 0.29) is 11.4 Å². The van der Waals surface area contributed by atoms with Gasteiger partial charge in [0.05, 0.1) is 31.7 Å². The molecule has 0 aromatic carbocycles. The Hall–Kier alpha value is -0.440. The highest BCUT2D eigenvalue weighted by atomic mass is 35.7. The number of esters is 1. The van der Waals surface area contributed by atoms with Gasteiger partial charge in [-0.15, -0.1) is 10.2 Å². The summed E-state index contributed by atoms with van der Waals surface area (Å²) in [6, 6.07) is 0. The average Bonchev–Trinajstić information content (AvgIpc) is 2.29. The summed E-state index contributed by atoms with van der Waals surface area (Å²) in [6.07, 6.45) is 3.13. The van der Waals surface area contributed by atoms with E-state index in [1.807, 2.05) is 6.92 Å². The van der Waals surface area contributed by atoms with Crippen molar-refractivity contribution in [3.8, 4) is 0 Å². The smallest absolute Gasteiger partial charge is 0.312 e. The summed E-state index contributed by atoms with van der Waals surface area (Å²) in [7, 11) is -4.94. The molecule has 0 aliphatic carbocycles. The van der Waals surface area contributed by atoms with Gasteiger partial charge in [-0.05, 0) is 6.92 Å². The van der Waals surface area contributed by atoms with Gasteiger partial charge in [0.15, 0.2) is 0 Å². The number of hydrogen-bond donors (Lipinski definition) is 1. The zero-order chi connectivity index (χ0) is 13.8. The first-order valence-electron chi connectivity index (χ1n) is 5.89. The fraction of sp³-hybridized carbons (Fsp3) is 0.900. The highest BCUT2D eigenvalue weighted by molar-refractivity contribution is 5.77. The number of rotatable bonds is 2. The maximum atomic E-state index is 11.7. The van der Waals surface area contributed by atoms with Gasteiger partial charge in [-0.2, -0.15) is 0 Å². The maximum absolute atomic E-state index is 11.7. The number of nitrogens with one attached hydrogen (secondary N) is 1. The first-order chi connectivity index (χ1) is 8.27. The minimum absolute atomic E-state index is 0.0637. The first-order valence-corrected chi connectivity index (χ1v) is 7.13. The minimum atomic E-state index is -4.94. The summed E-state index contributed by atoms with van der Waals surface area (Å²) < 4.78 is 39.1. The van der Waals surface area contributed by atoms with Crippen LogP contribution in [0.15, 0.2) is 0 Å². The van der Waals surface area contributed by atoms with E-state index in [4.69, 9.17) is 23.4 Å². The zero-order valence-electron chi connectivity index (χ0n) is 10.3. The molecule has 2 bridgehead atoms. The fourth-order valence-electron chi connectivity index (χ4n) is 2.59. The molecule has 0 aromatic heterocycles. The Morgan fingerprint density at radius 2 is 1.56 bits per heavy atom. The molecule has 7 nitrogen and oxygen atoms in total. The van der Waals surface area contributed by atoms with Gasteiger partial charge in [0.1, 0.15) is 0 Å². The van der Waals surface area contributed by atoms with Crippen LogP contribution in [0, 0.1) is 15.7 Å². The maximum Gasteiger partial charge on any atom is 0.312 e. The molecule has 3 aliphatic heterocycles. The van der Waals surface area contributed by atoms with E-state index < -0.39 is 10.2 Å². The quantitative estimate of drug-likeness (QED) is 0.506. The summed E-state index contributed by atoms with van der Waals surface area (Å²) >= 11 is 0. The minimum Gasteiger partial charge on any atom is -0.466 e. The van der Waals surface area contributed by atoms with E-state index in [1.165, 1.54) is 19.6 Å². The second-order valence-electron chi connectivity index (χ2n) is 4.63. The number of piperidine rings is 3. The van der Waals surface area contributed by atoms with E-state index in [9.17, 15) is 4.79 Å². The normalized spacial score (nSPS) is 30.4. The topological polar surface area (TPSA) is 123 Å². The SMILES string of the molecule is CCOC(=O)C12CC[NH+](CC1)CC2.[O-][Cl+3]([O-])([O-])[O-]. The second-order valence-corrected chi connectivity index (χ2v) is 5.38. The first kappa shape index (κ1) is 15.6. The third-order valence-corrected chi connectivity index (χ3v) is 3.58. The number of ether oxygens (including phenoxy) is 1. The molecule has 0 unspecified atom stereocenters. The van der Waals surface area contributed by atoms with E-state index in [0.29, 0.717) is 6.61 Å². The molecular weight excluding hydrogens is 266 g/mol. The third kappa shape index (κ3) is 4.68. The van der Waals surface area contributed by atoms with Crippen LogP contribution in [0.25, 0.3) is 0 Å². The highest BCUT2D eigenvalue weighted by Crippen LogP contribution is 2.35. The lowest BCUT2D eigenvalue weighted by Gasteiger charge is -2.43. The predicted octanol–water partition coefficient (Wildman–Crippen LogP) is -5.14. The largest absolute Gasteiger partial charge is 0.466 e. The molecule has 0 aromatic rings. The Balaban J connectivity index is 0.000000280. The third-order valence-electron chi connectivity index (χ3n) is 3.58. The van der Waals surface area contributed by atoms with Crippen LogP contribution >= 0.6 is 0 Å². The van der Waals surface area contributed by atoms with Gasteiger partial charge in [-0.3, -0.25) is 4.79 Å². The van der Waals surface area contributed by atoms with E-state index in [0.717, 1.165) is 19.3 Å². The Kier molecular flexibility index (Phi) is 5.32. The summed E-state index contributed by atoms with van der Waals surface area (Å²) in [5.41, 5.74) is -0.0856. The molecule has 3 rings (SSSR count). The van der Waals surface area contributed by atoms with Crippen molar-refractivity contribution < 1.29 is 43.3 Å². The van der Waals surface area contributed by atoms with Crippen molar-refractivity contribution in [2.24, 2.45) is 5.41 Å². The molecule has 0 radical (unpaired) electrons. The molecule has 3 saturated heterocycles. The van der Waals surface area contributed by atoms with E-state index in [1.54, 1.807) is 4.90 Å².